The molecule has 0 bridgehead atoms. The van der Waals surface area contributed by atoms with Crippen LogP contribution >= 0.6 is 11.6 Å². The fraction of sp³-hybridized carbons (Fsp3) is 0.273. The summed E-state index contributed by atoms with van der Waals surface area (Å²) in [5.74, 6) is 1.27. The highest BCUT2D eigenvalue weighted by Crippen LogP contribution is 2.41. The molecule has 0 atom stereocenters. The van der Waals surface area contributed by atoms with Crippen molar-refractivity contribution >= 4 is 27.4 Å². The first kappa shape index (κ1) is 22.8. The number of nitrogens with zero attached hydrogens (tertiary/aromatic N) is 3. The normalized spacial score (nSPS) is 11.4. The van der Waals surface area contributed by atoms with Crippen molar-refractivity contribution in [3.8, 4) is 17.2 Å². The summed E-state index contributed by atoms with van der Waals surface area (Å²) < 4.78 is 39.7. The van der Waals surface area contributed by atoms with Gasteiger partial charge in [0, 0.05) is 6.54 Å². The van der Waals surface area contributed by atoms with Crippen LogP contribution in [0.25, 0.3) is 0 Å². The van der Waals surface area contributed by atoms with Gasteiger partial charge in [0.25, 0.3) is 10.0 Å². The van der Waals surface area contributed by atoms with Crippen LogP contribution in [0.15, 0.2) is 59.5 Å². The van der Waals surface area contributed by atoms with Gasteiger partial charge in [0.05, 0.1) is 12.0 Å². The SMILES string of the molecule is COc1ccccc1Oc1c(Cl)nc(C)nc1N(CC(C)C)S(=O)(=O)c1ccccc1. The Kier molecular flexibility index (Phi) is 7.02. The molecule has 3 rings (SSSR count). The lowest BCUT2D eigenvalue weighted by Crippen LogP contribution is -2.35. The zero-order valence-electron chi connectivity index (χ0n) is 17.7. The first-order chi connectivity index (χ1) is 14.7. The molecule has 7 nitrogen and oxygen atoms in total. The molecule has 0 unspecified atom stereocenters. The predicted octanol–water partition coefficient (Wildman–Crippen LogP) is 5.09. The lowest BCUT2D eigenvalue weighted by atomic mass is 10.2. The van der Waals surface area contributed by atoms with Gasteiger partial charge in [-0.2, -0.15) is 0 Å². The van der Waals surface area contributed by atoms with E-state index in [9.17, 15) is 8.42 Å². The number of anilines is 1. The number of para-hydroxylation sites is 2. The second-order valence-electron chi connectivity index (χ2n) is 7.21. The molecule has 0 saturated heterocycles. The minimum absolute atomic E-state index is 0.00502. The topological polar surface area (TPSA) is 81.6 Å². The number of hydrogen-bond acceptors (Lipinski definition) is 6. The Bertz CT molecular complexity index is 1150. The van der Waals surface area contributed by atoms with E-state index < -0.39 is 10.0 Å². The Balaban J connectivity index is 2.20. The summed E-state index contributed by atoms with van der Waals surface area (Å²) in [6.45, 7) is 5.66. The van der Waals surface area contributed by atoms with E-state index >= 15 is 0 Å². The first-order valence-electron chi connectivity index (χ1n) is 9.66. The molecular formula is C22H24ClN3O4S. The highest BCUT2D eigenvalue weighted by Gasteiger charge is 2.31. The molecule has 0 aliphatic rings. The van der Waals surface area contributed by atoms with Crippen LogP contribution in [0.2, 0.25) is 5.15 Å². The summed E-state index contributed by atoms with van der Waals surface area (Å²) >= 11 is 6.42. The fourth-order valence-electron chi connectivity index (χ4n) is 2.93. The largest absolute Gasteiger partial charge is 0.493 e. The van der Waals surface area contributed by atoms with Crippen molar-refractivity contribution in [1.29, 1.82) is 0 Å². The van der Waals surface area contributed by atoms with E-state index in [0.717, 1.165) is 0 Å². The lowest BCUT2D eigenvalue weighted by molar-refractivity contribution is 0.378. The van der Waals surface area contributed by atoms with Crippen molar-refractivity contribution in [2.75, 3.05) is 18.0 Å². The third-order valence-electron chi connectivity index (χ3n) is 4.30. The molecule has 0 radical (unpaired) electrons. The van der Waals surface area contributed by atoms with Crippen molar-refractivity contribution in [2.24, 2.45) is 5.92 Å². The number of hydrogen-bond donors (Lipinski definition) is 0. The Morgan fingerprint density at radius 2 is 1.61 bits per heavy atom. The van der Waals surface area contributed by atoms with Crippen LogP contribution in [-0.2, 0) is 10.0 Å². The van der Waals surface area contributed by atoms with Crippen LogP contribution in [0.3, 0.4) is 0 Å². The van der Waals surface area contributed by atoms with Crippen LogP contribution in [-0.4, -0.2) is 32.0 Å². The number of halogens is 1. The number of sulfonamides is 1. The van der Waals surface area contributed by atoms with Crippen molar-refractivity contribution in [2.45, 2.75) is 25.7 Å². The molecule has 1 aromatic heterocycles. The lowest BCUT2D eigenvalue weighted by Gasteiger charge is -2.27. The molecule has 3 aromatic rings. The number of ether oxygens (including phenoxy) is 2. The van der Waals surface area contributed by atoms with Gasteiger partial charge in [0.2, 0.25) is 5.75 Å². The van der Waals surface area contributed by atoms with E-state index in [4.69, 9.17) is 21.1 Å². The Morgan fingerprint density at radius 3 is 2.23 bits per heavy atom. The minimum atomic E-state index is -3.94. The van der Waals surface area contributed by atoms with Gasteiger partial charge in [-0.05, 0) is 37.1 Å². The number of methoxy groups -OCH3 is 1. The average Bonchev–Trinajstić information content (AvgIpc) is 2.74. The van der Waals surface area contributed by atoms with E-state index in [1.54, 1.807) is 61.5 Å². The molecular weight excluding hydrogens is 438 g/mol. The van der Waals surface area contributed by atoms with Crippen LogP contribution < -0.4 is 13.8 Å². The third kappa shape index (κ3) is 5.08. The van der Waals surface area contributed by atoms with Crippen molar-refractivity contribution in [1.82, 2.24) is 9.97 Å². The van der Waals surface area contributed by atoms with E-state index in [0.29, 0.717) is 17.3 Å². The minimum Gasteiger partial charge on any atom is -0.493 e. The highest BCUT2D eigenvalue weighted by molar-refractivity contribution is 7.92. The van der Waals surface area contributed by atoms with Gasteiger partial charge in [-0.25, -0.2) is 22.7 Å². The molecule has 1 heterocycles. The second kappa shape index (κ2) is 9.53. The first-order valence-corrected chi connectivity index (χ1v) is 11.5. The summed E-state index contributed by atoms with van der Waals surface area (Å²) in [4.78, 5) is 8.73. The quantitative estimate of drug-likeness (QED) is 0.434. The maximum absolute atomic E-state index is 13.6. The molecule has 0 aliphatic heterocycles. The molecule has 0 fully saturated rings. The molecule has 0 saturated carbocycles. The van der Waals surface area contributed by atoms with Gasteiger partial charge >= 0.3 is 0 Å². The van der Waals surface area contributed by atoms with E-state index in [1.165, 1.54) is 11.4 Å². The molecule has 0 spiro atoms. The number of aryl methyl sites for hydroxylation is 1. The maximum atomic E-state index is 13.6. The van der Waals surface area contributed by atoms with Gasteiger partial charge in [-0.1, -0.05) is 55.8 Å². The van der Waals surface area contributed by atoms with Crippen LogP contribution in [0.1, 0.15) is 19.7 Å². The van der Waals surface area contributed by atoms with Gasteiger partial charge in [0.1, 0.15) is 5.82 Å². The molecule has 164 valence electrons. The maximum Gasteiger partial charge on any atom is 0.265 e. The molecule has 2 aromatic carbocycles. The van der Waals surface area contributed by atoms with Gasteiger partial charge < -0.3 is 9.47 Å². The highest BCUT2D eigenvalue weighted by atomic mass is 35.5. The summed E-state index contributed by atoms with van der Waals surface area (Å²) in [5, 5.41) is 0.00502. The monoisotopic (exact) mass is 461 g/mol. The fourth-order valence-corrected chi connectivity index (χ4v) is 4.78. The van der Waals surface area contributed by atoms with Crippen molar-refractivity contribution < 1.29 is 17.9 Å². The van der Waals surface area contributed by atoms with Crippen molar-refractivity contribution in [3.05, 3.63) is 65.6 Å². The molecule has 9 heteroatoms. The van der Waals surface area contributed by atoms with E-state index in [-0.39, 0.29) is 34.1 Å². The van der Waals surface area contributed by atoms with Gasteiger partial charge in [-0.15, -0.1) is 0 Å². The van der Waals surface area contributed by atoms with Crippen LogP contribution in [0.4, 0.5) is 5.82 Å². The molecule has 0 amide bonds. The van der Waals surface area contributed by atoms with Crippen molar-refractivity contribution in [3.63, 3.8) is 0 Å². The Morgan fingerprint density at radius 1 is 1.00 bits per heavy atom. The predicted molar refractivity (Wildman–Crippen MR) is 121 cm³/mol. The molecule has 0 aliphatic carbocycles. The van der Waals surface area contributed by atoms with E-state index in [2.05, 4.69) is 9.97 Å². The third-order valence-corrected chi connectivity index (χ3v) is 6.32. The van der Waals surface area contributed by atoms with Gasteiger partial charge in [0.15, 0.2) is 22.5 Å². The van der Waals surface area contributed by atoms with E-state index in [1.807, 2.05) is 13.8 Å². The smallest absolute Gasteiger partial charge is 0.265 e. The average molecular weight is 462 g/mol. The van der Waals surface area contributed by atoms with Crippen LogP contribution in [0, 0.1) is 12.8 Å². The Hall–Kier alpha value is -2.84. The zero-order valence-corrected chi connectivity index (χ0v) is 19.3. The van der Waals surface area contributed by atoms with Gasteiger partial charge in [-0.3, -0.25) is 0 Å². The summed E-state index contributed by atoms with van der Waals surface area (Å²) in [7, 11) is -2.42. The summed E-state index contributed by atoms with van der Waals surface area (Å²) in [6.07, 6.45) is 0. The zero-order chi connectivity index (χ0) is 22.6. The summed E-state index contributed by atoms with van der Waals surface area (Å²) in [5.41, 5.74) is 0. The second-order valence-corrected chi connectivity index (χ2v) is 9.43. The van der Waals surface area contributed by atoms with Crippen LogP contribution in [0.5, 0.6) is 17.2 Å². The summed E-state index contributed by atoms with van der Waals surface area (Å²) in [6, 6.07) is 15.2. The number of aromatic nitrogens is 2. The number of rotatable bonds is 8. The number of benzene rings is 2. The molecule has 31 heavy (non-hydrogen) atoms. The Labute approximate surface area is 187 Å². The standard InChI is InChI=1S/C22H24ClN3O4S/c1-15(2)14-26(31(27,28)17-10-6-5-7-11-17)22-20(21(23)24-16(3)25-22)30-19-13-9-8-12-18(19)29-4/h5-13,15H,14H2,1-4H3. The molecule has 0 N–H and O–H groups in total.